The van der Waals surface area contributed by atoms with Crippen molar-refractivity contribution in [2.45, 2.75) is 76.9 Å². The summed E-state index contributed by atoms with van der Waals surface area (Å²) in [4.78, 5) is 13.3. The van der Waals surface area contributed by atoms with Crippen LogP contribution in [0.25, 0.3) is 0 Å². The summed E-state index contributed by atoms with van der Waals surface area (Å²) in [6.07, 6.45) is 10.3. The summed E-state index contributed by atoms with van der Waals surface area (Å²) in [5.41, 5.74) is -0.696. The quantitative estimate of drug-likeness (QED) is 0.649. The first kappa shape index (κ1) is 22.1. The third kappa shape index (κ3) is 3.43. The highest BCUT2D eigenvalue weighted by molar-refractivity contribution is 5.82. The highest BCUT2D eigenvalue weighted by Crippen LogP contribution is 2.66. The zero-order chi connectivity index (χ0) is 22.5. The van der Waals surface area contributed by atoms with E-state index in [1.807, 2.05) is 6.07 Å². The maximum absolute atomic E-state index is 16.6. The molecule has 1 aromatic rings. The van der Waals surface area contributed by atoms with Crippen LogP contribution in [0.15, 0.2) is 12.3 Å². The van der Waals surface area contributed by atoms with Crippen molar-refractivity contribution < 1.29 is 13.9 Å². The van der Waals surface area contributed by atoms with Crippen molar-refractivity contribution in [2.24, 2.45) is 40.9 Å². The largest absolute Gasteiger partial charge is 0.384 e. The average molecular weight is 442 g/mol. The Morgan fingerprint density at radius 3 is 2.84 bits per heavy atom. The summed E-state index contributed by atoms with van der Waals surface area (Å²) in [5.74, 6) is 1.99. The van der Waals surface area contributed by atoms with E-state index in [9.17, 15) is 4.79 Å². The molecule has 8 atom stereocenters. The van der Waals surface area contributed by atoms with Gasteiger partial charge in [-0.15, -0.1) is 0 Å². The first-order valence-corrected chi connectivity index (χ1v) is 12.5. The van der Waals surface area contributed by atoms with Crippen LogP contribution in [0, 0.1) is 52.3 Å². The normalized spacial score (nSPS) is 43.1. The van der Waals surface area contributed by atoms with Gasteiger partial charge in [-0.2, -0.15) is 10.4 Å². The van der Waals surface area contributed by atoms with Crippen molar-refractivity contribution in [2.75, 3.05) is 13.7 Å². The van der Waals surface area contributed by atoms with Gasteiger partial charge in [0.1, 0.15) is 11.7 Å². The van der Waals surface area contributed by atoms with Crippen LogP contribution in [0.2, 0.25) is 0 Å². The zero-order valence-electron chi connectivity index (χ0n) is 19.4. The van der Waals surface area contributed by atoms with Gasteiger partial charge in [0.25, 0.3) is 0 Å². The van der Waals surface area contributed by atoms with Crippen LogP contribution in [-0.2, 0) is 16.1 Å². The fourth-order valence-corrected chi connectivity index (χ4v) is 8.57. The lowest BCUT2D eigenvalue weighted by atomic mass is 9.48. The molecule has 4 fully saturated rings. The number of methoxy groups -OCH3 is 1. The standard InChI is InChI=1S/C26H36FN3O2/c1-25-10-8-22-20(4-3-18-13-17(16-32-2)7-11-26(18,22)27)21(25)5-6-23(25)24(31)15-30-12-9-19(14-28)29-30/h9,12,17-18,20-23H,3-8,10-11,13,15-16H2,1-2H3/t17?,18-,20+,21?,22?,23-,25+,26-/m1/s1. The second kappa shape index (κ2) is 8.24. The van der Waals surface area contributed by atoms with Crippen LogP contribution in [0.5, 0.6) is 0 Å². The molecule has 4 saturated carbocycles. The zero-order valence-corrected chi connectivity index (χ0v) is 19.4. The van der Waals surface area contributed by atoms with E-state index in [-0.39, 0.29) is 35.5 Å². The Labute approximate surface area is 190 Å². The van der Waals surface area contributed by atoms with Crippen molar-refractivity contribution in [3.63, 3.8) is 0 Å². The number of alkyl halides is 1. The van der Waals surface area contributed by atoms with Crippen LogP contribution in [0.3, 0.4) is 0 Å². The lowest BCUT2D eigenvalue weighted by Crippen LogP contribution is -2.57. The Bertz CT molecular complexity index is 909. The molecule has 0 amide bonds. The van der Waals surface area contributed by atoms with Crippen LogP contribution in [-0.4, -0.2) is 34.9 Å². The highest BCUT2D eigenvalue weighted by Gasteiger charge is 2.62. The molecule has 5 rings (SSSR count). The molecule has 6 heteroatoms. The van der Waals surface area contributed by atoms with Gasteiger partial charge in [-0.3, -0.25) is 9.48 Å². The number of carbonyl (C=O) groups excluding carboxylic acids is 1. The molecule has 4 aliphatic carbocycles. The lowest BCUT2D eigenvalue weighted by Gasteiger charge is -2.58. The molecule has 0 radical (unpaired) electrons. The van der Waals surface area contributed by atoms with E-state index in [0.29, 0.717) is 29.9 Å². The van der Waals surface area contributed by atoms with E-state index in [0.717, 1.165) is 58.0 Å². The van der Waals surface area contributed by atoms with Crippen molar-refractivity contribution in [1.82, 2.24) is 9.78 Å². The monoisotopic (exact) mass is 441 g/mol. The second-order valence-electron chi connectivity index (χ2n) is 11.3. The van der Waals surface area contributed by atoms with Gasteiger partial charge >= 0.3 is 0 Å². The minimum absolute atomic E-state index is 0.0221. The summed E-state index contributed by atoms with van der Waals surface area (Å²) < 4.78 is 23.6. The molecule has 174 valence electrons. The number of nitrogens with zero attached hydrogens (tertiary/aromatic N) is 3. The summed E-state index contributed by atoms with van der Waals surface area (Å²) >= 11 is 0. The number of aromatic nitrogens is 2. The number of fused-ring (bicyclic) bond motifs is 5. The Morgan fingerprint density at radius 2 is 2.09 bits per heavy atom. The van der Waals surface area contributed by atoms with Gasteiger partial charge in [0.2, 0.25) is 0 Å². The fourth-order valence-electron chi connectivity index (χ4n) is 8.57. The Hall–Kier alpha value is -1.74. The highest BCUT2D eigenvalue weighted by atomic mass is 19.1. The van der Waals surface area contributed by atoms with Crippen molar-refractivity contribution >= 4 is 5.78 Å². The first-order chi connectivity index (χ1) is 15.4. The number of carbonyl (C=O) groups is 1. The average Bonchev–Trinajstić information content (AvgIpc) is 3.37. The van der Waals surface area contributed by atoms with Crippen molar-refractivity contribution in [3.05, 3.63) is 18.0 Å². The predicted molar refractivity (Wildman–Crippen MR) is 118 cm³/mol. The molecule has 3 unspecified atom stereocenters. The summed E-state index contributed by atoms with van der Waals surface area (Å²) in [7, 11) is 1.75. The molecule has 1 heterocycles. The third-order valence-corrected chi connectivity index (χ3v) is 10.00. The number of nitriles is 1. The molecule has 0 N–H and O–H groups in total. The maximum atomic E-state index is 16.6. The van der Waals surface area contributed by atoms with Gasteiger partial charge in [0, 0.05) is 25.8 Å². The van der Waals surface area contributed by atoms with Crippen LogP contribution in [0.4, 0.5) is 4.39 Å². The van der Waals surface area contributed by atoms with E-state index in [2.05, 4.69) is 12.0 Å². The van der Waals surface area contributed by atoms with Gasteiger partial charge in [0.05, 0.1) is 6.54 Å². The maximum Gasteiger partial charge on any atom is 0.162 e. The Morgan fingerprint density at radius 1 is 1.25 bits per heavy atom. The number of hydrogen-bond acceptors (Lipinski definition) is 4. The van der Waals surface area contributed by atoms with Crippen molar-refractivity contribution in [3.8, 4) is 6.07 Å². The van der Waals surface area contributed by atoms with E-state index >= 15 is 4.39 Å². The molecular weight excluding hydrogens is 405 g/mol. The van der Waals surface area contributed by atoms with E-state index in [4.69, 9.17) is 10.00 Å². The summed E-state index contributed by atoms with van der Waals surface area (Å²) in [6, 6.07) is 3.68. The SMILES string of the molecule is COCC1CC[C@]2(F)C3CC[C@@]4(C)C(CC[C@@H]4C(=O)Cn4ccc(C#N)n4)[C@@H]3CC[C@@H]2C1. The number of ketones is 1. The minimum atomic E-state index is -1.01. The molecule has 5 nitrogen and oxygen atoms in total. The van der Waals surface area contributed by atoms with Gasteiger partial charge in [0.15, 0.2) is 11.5 Å². The van der Waals surface area contributed by atoms with Crippen LogP contribution < -0.4 is 0 Å². The van der Waals surface area contributed by atoms with Gasteiger partial charge in [-0.25, -0.2) is 4.39 Å². The molecule has 32 heavy (non-hydrogen) atoms. The Balaban J connectivity index is 1.31. The first-order valence-electron chi connectivity index (χ1n) is 12.5. The Kier molecular flexibility index (Phi) is 5.68. The number of Topliss-reactive ketones (excluding diaryl/α,β-unsaturated/α-hetero) is 1. The van der Waals surface area contributed by atoms with Gasteiger partial charge in [-0.1, -0.05) is 6.92 Å². The summed E-state index contributed by atoms with van der Waals surface area (Å²) in [6.45, 7) is 3.30. The number of ether oxygens (including phenoxy) is 1. The van der Waals surface area contributed by atoms with Crippen molar-refractivity contribution in [1.29, 1.82) is 5.26 Å². The molecule has 1 aromatic heterocycles. The number of halogens is 1. The topological polar surface area (TPSA) is 67.9 Å². The van der Waals surface area contributed by atoms with E-state index < -0.39 is 5.67 Å². The molecule has 0 spiro atoms. The van der Waals surface area contributed by atoms with Crippen LogP contribution in [0.1, 0.15) is 70.4 Å². The molecule has 0 saturated heterocycles. The lowest BCUT2D eigenvalue weighted by molar-refractivity contribution is -0.148. The fraction of sp³-hybridized carbons (Fsp3) is 0.808. The second-order valence-corrected chi connectivity index (χ2v) is 11.3. The molecule has 0 aromatic carbocycles. The smallest absolute Gasteiger partial charge is 0.162 e. The third-order valence-electron chi connectivity index (χ3n) is 10.00. The van der Waals surface area contributed by atoms with Gasteiger partial charge in [-0.05, 0) is 98.9 Å². The van der Waals surface area contributed by atoms with Gasteiger partial charge < -0.3 is 4.74 Å². The molecule has 4 aliphatic rings. The molecular formula is C26H36FN3O2. The number of rotatable bonds is 5. The summed E-state index contributed by atoms with van der Waals surface area (Å²) in [5, 5.41) is 13.2. The minimum Gasteiger partial charge on any atom is -0.384 e. The predicted octanol–water partition coefficient (Wildman–Crippen LogP) is 4.95. The van der Waals surface area contributed by atoms with Crippen LogP contribution >= 0.6 is 0 Å². The molecule has 0 aliphatic heterocycles. The van der Waals surface area contributed by atoms with E-state index in [1.165, 1.54) is 0 Å². The van der Waals surface area contributed by atoms with E-state index in [1.54, 1.807) is 24.1 Å². The number of hydrogen-bond donors (Lipinski definition) is 0. The molecule has 0 bridgehead atoms.